The van der Waals surface area contributed by atoms with Crippen molar-refractivity contribution in [2.75, 3.05) is 0 Å². The van der Waals surface area contributed by atoms with E-state index in [9.17, 15) is 0 Å². The van der Waals surface area contributed by atoms with Gasteiger partial charge in [-0.3, -0.25) is 0 Å². The lowest BCUT2D eigenvalue weighted by atomic mass is 9.73. The van der Waals surface area contributed by atoms with Crippen molar-refractivity contribution in [2.45, 2.75) is 70.4 Å². The molecule has 0 N–H and O–H groups in total. The van der Waals surface area contributed by atoms with Crippen molar-refractivity contribution in [2.24, 2.45) is 0 Å². The molecule has 4 aromatic carbocycles. The van der Waals surface area contributed by atoms with Gasteiger partial charge in [0.05, 0.1) is 22.4 Å². The summed E-state index contributed by atoms with van der Waals surface area (Å²) in [5, 5.41) is 0. The van der Waals surface area contributed by atoms with Crippen LogP contribution < -0.4 is 10.9 Å². The van der Waals surface area contributed by atoms with E-state index in [0.717, 1.165) is 16.5 Å². The molecule has 2 fully saturated rings. The van der Waals surface area contributed by atoms with Gasteiger partial charge in [0, 0.05) is 6.42 Å². The Morgan fingerprint density at radius 2 is 0.878 bits per heavy atom. The molecule has 6 rings (SSSR count). The van der Waals surface area contributed by atoms with Gasteiger partial charge in [0.1, 0.15) is 0 Å². The van der Waals surface area contributed by atoms with E-state index in [2.05, 4.69) is 139 Å². The first kappa shape index (κ1) is 28.0. The van der Waals surface area contributed by atoms with Crippen molar-refractivity contribution in [1.82, 2.24) is 0 Å². The monoisotopic (exact) mass is 544 g/mol. The molecule has 2 atom stereocenters. The SMILES string of the molecule is CC1(C)OB(c2ccc(-c3ccccc3)cc2)OC1(C)CC1(C)OB(c2cccc(-c3ccccc3)c2)OC1(C)C. The molecule has 208 valence electrons. The summed E-state index contributed by atoms with van der Waals surface area (Å²) in [6.45, 7) is 12.7. The van der Waals surface area contributed by atoms with Crippen LogP contribution in [0.1, 0.15) is 48.0 Å². The molecule has 2 saturated heterocycles. The van der Waals surface area contributed by atoms with Gasteiger partial charge in [-0.2, -0.15) is 0 Å². The third-order valence-corrected chi connectivity index (χ3v) is 9.32. The molecule has 6 heteroatoms. The molecule has 4 nitrogen and oxygen atoms in total. The molecule has 0 aromatic heterocycles. The summed E-state index contributed by atoms with van der Waals surface area (Å²) < 4.78 is 26.8. The smallest absolute Gasteiger partial charge is 0.399 e. The molecule has 2 unspecified atom stereocenters. The van der Waals surface area contributed by atoms with Crippen LogP contribution in [0.4, 0.5) is 0 Å². The normalized spacial score (nSPS) is 25.0. The summed E-state index contributed by atoms with van der Waals surface area (Å²) in [4.78, 5) is 0. The van der Waals surface area contributed by atoms with E-state index in [-0.39, 0.29) is 0 Å². The number of benzene rings is 4. The lowest BCUT2D eigenvalue weighted by molar-refractivity contribution is -0.0967. The van der Waals surface area contributed by atoms with Crippen LogP contribution in [0.5, 0.6) is 0 Å². The fourth-order valence-corrected chi connectivity index (χ4v) is 5.97. The van der Waals surface area contributed by atoms with E-state index in [4.69, 9.17) is 18.6 Å². The highest BCUT2D eigenvalue weighted by Crippen LogP contribution is 2.49. The first-order valence-electron chi connectivity index (χ1n) is 14.5. The molecule has 2 heterocycles. The van der Waals surface area contributed by atoms with E-state index in [1.165, 1.54) is 16.7 Å². The molecule has 2 aliphatic heterocycles. The largest absolute Gasteiger partial charge is 0.494 e. The van der Waals surface area contributed by atoms with Gasteiger partial charge >= 0.3 is 14.2 Å². The molecule has 0 radical (unpaired) electrons. The first-order chi connectivity index (χ1) is 19.5. The molecular weight excluding hydrogens is 506 g/mol. The van der Waals surface area contributed by atoms with Gasteiger partial charge in [-0.1, -0.05) is 109 Å². The average Bonchev–Trinajstić information content (AvgIpc) is 3.35. The molecule has 0 aliphatic carbocycles. The highest BCUT2D eigenvalue weighted by Gasteiger charge is 2.62. The molecule has 2 aliphatic rings. The molecule has 0 saturated carbocycles. The molecule has 4 aromatic rings. The minimum absolute atomic E-state index is 0.466. The fourth-order valence-electron chi connectivity index (χ4n) is 5.97. The average molecular weight is 544 g/mol. The summed E-state index contributed by atoms with van der Waals surface area (Å²) in [7, 11) is -0.943. The lowest BCUT2D eigenvalue weighted by Crippen LogP contribution is -2.55. The van der Waals surface area contributed by atoms with Gasteiger partial charge in [-0.05, 0) is 74.7 Å². The summed E-state index contributed by atoms with van der Waals surface area (Å²) in [6, 6.07) is 37.7. The third-order valence-electron chi connectivity index (χ3n) is 9.32. The van der Waals surface area contributed by atoms with Crippen LogP contribution in [0.2, 0.25) is 0 Å². The number of hydrogen-bond donors (Lipinski definition) is 0. The minimum Gasteiger partial charge on any atom is -0.399 e. The predicted octanol–water partition coefficient (Wildman–Crippen LogP) is 6.67. The molecule has 0 amide bonds. The molecular formula is C35H38B2O4. The summed E-state index contributed by atoms with van der Waals surface area (Å²) >= 11 is 0. The van der Waals surface area contributed by atoms with Crippen molar-refractivity contribution < 1.29 is 18.6 Å². The predicted molar refractivity (Wildman–Crippen MR) is 168 cm³/mol. The highest BCUT2D eigenvalue weighted by molar-refractivity contribution is 6.62. The Bertz CT molecular complexity index is 1510. The van der Waals surface area contributed by atoms with E-state index in [1.807, 2.05) is 12.1 Å². The van der Waals surface area contributed by atoms with Crippen molar-refractivity contribution in [3.05, 3.63) is 109 Å². The summed E-state index contributed by atoms with van der Waals surface area (Å²) in [6.07, 6.45) is 0.605. The van der Waals surface area contributed by atoms with Crippen LogP contribution in [0.15, 0.2) is 109 Å². The zero-order chi connectivity index (χ0) is 28.9. The zero-order valence-corrected chi connectivity index (χ0v) is 24.9. The Labute approximate surface area is 245 Å². The number of hydrogen-bond acceptors (Lipinski definition) is 4. The van der Waals surface area contributed by atoms with Gasteiger partial charge in [-0.25, -0.2) is 0 Å². The van der Waals surface area contributed by atoms with E-state index < -0.39 is 36.6 Å². The van der Waals surface area contributed by atoms with E-state index in [1.54, 1.807) is 0 Å². The fraction of sp³-hybridized carbons (Fsp3) is 0.314. The maximum Gasteiger partial charge on any atom is 0.494 e. The Morgan fingerprint density at radius 1 is 0.439 bits per heavy atom. The van der Waals surface area contributed by atoms with E-state index >= 15 is 0 Å². The lowest BCUT2D eigenvalue weighted by Gasteiger charge is -2.45. The Hall–Kier alpha value is -3.15. The van der Waals surface area contributed by atoms with E-state index in [0.29, 0.717) is 6.42 Å². The van der Waals surface area contributed by atoms with Crippen LogP contribution in [0.3, 0.4) is 0 Å². The maximum atomic E-state index is 6.81. The van der Waals surface area contributed by atoms with Crippen molar-refractivity contribution in [3.8, 4) is 22.3 Å². The van der Waals surface area contributed by atoms with Crippen molar-refractivity contribution >= 4 is 25.2 Å². The highest BCUT2D eigenvalue weighted by atomic mass is 16.7. The summed E-state index contributed by atoms with van der Waals surface area (Å²) in [5.41, 5.74) is 4.33. The quantitative estimate of drug-likeness (QED) is 0.254. The first-order valence-corrected chi connectivity index (χ1v) is 14.5. The molecule has 0 bridgehead atoms. The Morgan fingerprint density at radius 3 is 1.41 bits per heavy atom. The van der Waals surface area contributed by atoms with Crippen molar-refractivity contribution in [1.29, 1.82) is 0 Å². The molecule has 41 heavy (non-hydrogen) atoms. The van der Waals surface area contributed by atoms with Crippen LogP contribution in [-0.2, 0) is 18.6 Å². The Kier molecular flexibility index (Phi) is 7.02. The van der Waals surface area contributed by atoms with Crippen LogP contribution >= 0.6 is 0 Å². The summed E-state index contributed by atoms with van der Waals surface area (Å²) in [5.74, 6) is 0. The molecule has 0 spiro atoms. The standard InChI is InChI=1S/C35H38B2O4/c1-32(2)34(5,40-36(38-32)30-22-20-28(21-23-30)26-14-9-7-10-15-26)25-35(6)33(3,4)39-37(41-35)31-19-13-18-29(24-31)27-16-11-8-12-17-27/h7-24H,25H2,1-6H3. The van der Waals surface area contributed by atoms with Crippen LogP contribution in [0, 0.1) is 0 Å². The second kappa shape index (κ2) is 10.3. The maximum absolute atomic E-state index is 6.81. The zero-order valence-electron chi connectivity index (χ0n) is 24.9. The van der Waals surface area contributed by atoms with Crippen LogP contribution in [-0.4, -0.2) is 36.6 Å². The number of rotatable bonds is 6. The van der Waals surface area contributed by atoms with Gasteiger partial charge in [0.15, 0.2) is 0 Å². The van der Waals surface area contributed by atoms with Gasteiger partial charge < -0.3 is 18.6 Å². The van der Waals surface area contributed by atoms with Crippen LogP contribution in [0.25, 0.3) is 22.3 Å². The van der Waals surface area contributed by atoms with Gasteiger partial charge in [-0.15, -0.1) is 0 Å². The second-order valence-corrected chi connectivity index (χ2v) is 12.8. The van der Waals surface area contributed by atoms with Gasteiger partial charge in [0.25, 0.3) is 0 Å². The Balaban J connectivity index is 1.22. The second-order valence-electron chi connectivity index (χ2n) is 12.8. The minimum atomic E-state index is -0.623. The topological polar surface area (TPSA) is 36.9 Å². The van der Waals surface area contributed by atoms with Gasteiger partial charge in [0.2, 0.25) is 0 Å². The third kappa shape index (κ3) is 5.19. The van der Waals surface area contributed by atoms with Crippen molar-refractivity contribution in [3.63, 3.8) is 0 Å².